The van der Waals surface area contributed by atoms with Crippen molar-refractivity contribution < 1.29 is 9.47 Å². The van der Waals surface area contributed by atoms with Gasteiger partial charge in [-0.3, -0.25) is 4.90 Å². The second kappa shape index (κ2) is 7.17. The van der Waals surface area contributed by atoms with Gasteiger partial charge in [0.25, 0.3) is 0 Å². The lowest BCUT2D eigenvalue weighted by atomic mass is 10.1. The molecule has 2 N–H and O–H groups in total. The van der Waals surface area contributed by atoms with Gasteiger partial charge in [-0.2, -0.15) is 0 Å². The molecule has 0 aromatic rings. The molecule has 0 rings (SSSR count). The molecule has 0 aromatic heterocycles. The predicted molar refractivity (Wildman–Crippen MR) is 58.5 cm³/mol. The minimum Gasteiger partial charge on any atom is -0.383 e. The van der Waals surface area contributed by atoms with Crippen LogP contribution in [0, 0.1) is 0 Å². The first kappa shape index (κ1) is 13.8. The molecule has 0 unspecified atom stereocenters. The second-order valence-electron chi connectivity index (χ2n) is 4.25. The van der Waals surface area contributed by atoms with E-state index in [1.807, 2.05) is 13.8 Å². The van der Waals surface area contributed by atoms with E-state index in [1.165, 1.54) is 0 Å². The van der Waals surface area contributed by atoms with Gasteiger partial charge in [0.05, 0.1) is 13.2 Å². The summed E-state index contributed by atoms with van der Waals surface area (Å²) in [5, 5.41) is 0. The van der Waals surface area contributed by atoms with Crippen molar-refractivity contribution in [1.82, 2.24) is 4.90 Å². The highest BCUT2D eigenvalue weighted by molar-refractivity contribution is 4.77. The van der Waals surface area contributed by atoms with Crippen LogP contribution in [0.4, 0.5) is 0 Å². The summed E-state index contributed by atoms with van der Waals surface area (Å²) in [5.74, 6) is 0. The number of hydrogen-bond acceptors (Lipinski definition) is 4. The maximum atomic E-state index is 5.96. The number of methoxy groups -OCH3 is 2. The number of hydrogen-bond donors (Lipinski definition) is 1. The normalized spacial score (nSPS) is 12.4. The number of nitrogens with zero attached hydrogens (tertiary/aromatic N) is 1. The lowest BCUT2D eigenvalue weighted by Gasteiger charge is -2.29. The van der Waals surface area contributed by atoms with Gasteiger partial charge in [0.15, 0.2) is 0 Å². The van der Waals surface area contributed by atoms with Crippen LogP contribution in [0.15, 0.2) is 0 Å². The Bertz CT molecular complexity index is 127. The van der Waals surface area contributed by atoms with Gasteiger partial charge in [-0.25, -0.2) is 0 Å². The molecule has 0 saturated heterocycles. The molecule has 14 heavy (non-hydrogen) atoms. The van der Waals surface area contributed by atoms with Crippen molar-refractivity contribution in [2.24, 2.45) is 5.73 Å². The van der Waals surface area contributed by atoms with Crippen LogP contribution < -0.4 is 5.73 Å². The SMILES string of the molecule is COCCN(CCOC)CC(C)(C)N. The van der Waals surface area contributed by atoms with Gasteiger partial charge in [-0.15, -0.1) is 0 Å². The molecule has 0 spiro atoms. The first-order valence-corrected chi connectivity index (χ1v) is 4.98. The van der Waals surface area contributed by atoms with Crippen LogP contribution >= 0.6 is 0 Å². The highest BCUT2D eigenvalue weighted by atomic mass is 16.5. The summed E-state index contributed by atoms with van der Waals surface area (Å²) in [6.07, 6.45) is 0. The van der Waals surface area contributed by atoms with E-state index in [1.54, 1.807) is 14.2 Å². The standard InChI is InChI=1S/C10H24N2O2/c1-10(2,11)9-12(5-7-13-3)6-8-14-4/h5-9,11H2,1-4H3. The van der Waals surface area contributed by atoms with E-state index >= 15 is 0 Å². The number of nitrogens with two attached hydrogens (primary N) is 1. The maximum absolute atomic E-state index is 5.96. The number of rotatable bonds is 8. The molecular formula is C10H24N2O2. The molecule has 0 heterocycles. The van der Waals surface area contributed by atoms with Gasteiger partial charge >= 0.3 is 0 Å². The van der Waals surface area contributed by atoms with E-state index in [-0.39, 0.29) is 5.54 Å². The molecule has 0 amide bonds. The molecule has 0 radical (unpaired) electrons. The fraction of sp³-hybridized carbons (Fsp3) is 1.00. The Labute approximate surface area is 87.4 Å². The Morgan fingerprint density at radius 1 is 1.07 bits per heavy atom. The van der Waals surface area contributed by atoms with Gasteiger partial charge in [0.1, 0.15) is 0 Å². The summed E-state index contributed by atoms with van der Waals surface area (Å²) in [5.41, 5.74) is 5.79. The quantitative estimate of drug-likeness (QED) is 0.618. The number of ether oxygens (including phenoxy) is 2. The first-order valence-electron chi connectivity index (χ1n) is 4.98. The largest absolute Gasteiger partial charge is 0.383 e. The van der Waals surface area contributed by atoms with Crippen LogP contribution in [0.3, 0.4) is 0 Å². The van der Waals surface area contributed by atoms with Crippen LogP contribution in [0.25, 0.3) is 0 Å². The molecule has 0 atom stereocenters. The third-order valence-corrected chi connectivity index (χ3v) is 1.85. The smallest absolute Gasteiger partial charge is 0.0589 e. The lowest BCUT2D eigenvalue weighted by Crippen LogP contribution is -2.47. The first-order chi connectivity index (χ1) is 6.49. The molecule has 0 fully saturated rings. The van der Waals surface area contributed by atoms with Gasteiger partial charge in [0.2, 0.25) is 0 Å². The van der Waals surface area contributed by atoms with Gasteiger partial charge < -0.3 is 15.2 Å². The minimum absolute atomic E-state index is 0.165. The van der Waals surface area contributed by atoms with Crippen LogP contribution in [0.1, 0.15) is 13.8 Å². The molecule has 0 aliphatic carbocycles. The highest BCUT2D eigenvalue weighted by Crippen LogP contribution is 2.01. The van der Waals surface area contributed by atoms with E-state index < -0.39 is 0 Å². The van der Waals surface area contributed by atoms with Gasteiger partial charge in [-0.1, -0.05) is 0 Å². The molecule has 4 heteroatoms. The molecule has 86 valence electrons. The monoisotopic (exact) mass is 204 g/mol. The Balaban J connectivity index is 3.84. The average Bonchev–Trinajstić information content (AvgIpc) is 2.07. The topological polar surface area (TPSA) is 47.7 Å². The van der Waals surface area contributed by atoms with Crippen molar-refractivity contribution >= 4 is 0 Å². The Morgan fingerprint density at radius 2 is 1.50 bits per heavy atom. The third kappa shape index (κ3) is 8.44. The van der Waals surface area contributed by atoms with Crippen molar-refractivity contribution in [3.63, 3.8) is 0 Å². The Hall–Kier alpha value is -0.160. The van der Waals surface area contributed by atoms with Crippen LogP contribution in [0.5, 0.6) is 0 Å². The van der Waals surface area contributed by atoms with Crippen LogP contribution in [-0.4, -0.2) is 57.5 Å². The molecular weight excluding hydrogens is 180 g/mol. The van der Waals surface area contributed by atoms with Crippen molar-refractivity contribution in [3.05, 3.63) is 0 Å². The molecule has 0 bridgehead atoms. The van der Waals surface area contributed by atoms with E-state index in [0.717, 1.165) is 32.8 Å². The van der Waals surface area contributed by atoms with Crippen molar-refractivity contribution in [2.45, 2.75) is 19.4 Å². The molecule has 4 nitrogen and oxygen atoms in total. The fourth-order valence-corrected chi connectivity index (χ4v) is 1.29. The summed E-state index contributed by atoms with van der Waals surface area (Å²) in [7, 11) is 3.42. The van der Waals surface area contributed by atoms with Crippen molar-refractivity contribution in [2.75, 3.05) is 47.1 Å². The summed E-state index contributed by atoms with van der Waals surface area (Å²) in [6.45, 7) is 8.19. The van der Waals surface area contributed by atoms with Crippen molar-refractivity contribution in [1.29, 1.82) is 0 Å². The Morgan fingerprint density at radius 3 is 1.79 bits per heavy atom. The van der Waals surface area contributed by atoms with E-state index in [0.29, 0.717) is 0 Å². The van der Waals surface area contributed by atoms with E-state index in [4.69, 9.17) is 15.2 Å². The maximum Gasteiger partial charge on any atom is 0.0589 e. The molecule has 0 aliphatic rings. The molecule has 0 aromatic carbocycles. The summed E-state index contributed by atoms with van der Waals surface area (Å²) in [4.78, 5) is 2.26. The Kier molecular flexibility index (Phi) is 7.09. The lowest BCUT2D eigenvalue weighted by molar-refractivity contribution is 0.103. The summed E-state index contributed by atoms with van der Waals surface area (Å²) < 4.78 is 10.1. The van der Waals surface area contributed by atoms with Gasteiger partial charge in [0, 0.05) is 39.4 Å². The predicted octanol–water partition coefficient (Wildman–Crippen LogP) is 0.319. The summed E-state index contributed by atoms with van der Waals surface area (Å²) >= 11 is 0. The zero-order valence-electron chi connectivity index (χ0n) is 9.88. The minimum atomic E-state index is -0.165. The van der Waals surface area contributed by atoms with Gasteiger partial charge in [-0.05, 0) is 13.8 Å². The van der Waals surface area contributed by atoms with E-state index in [9.17, 15) is 0 Å². The average molecular weight is 204 g/mol. The van der Waals surface area contributed by atoms with Crippen molar-refractivity contribution in [3.8, 4) is 0 Å². The zero-order valence-corrected chi connectivity index (χ0v) is 9.88. The van der Waals surface area contributed by atoms with E-state index in [2.05, 4.69) is 4.90 Å². The molecule has 0 aliphatic heterocycles. The third-order valence-electron chi connectivity index (χ3n) is 1.85. The zero-order chi connectivity index (χ0) is 11.0. The fourth-order valence-electron chi connectivity index (χ4n) is 1.29. The highest BCUT2D eigenvalue weighted by Gasteiger charge is 2.15. The van der Waals surface area contributed by atoms with Crippen LogP contribution in [-0.2, 0) is 9.47 Å². The molecule has 0 saturated carbocycles. The van der Waals surface area contributed by atoms with Crippen LogP contribution in [0.2, 0.25) is 0 Å². The second-order valence-corrected chi connectivity index (χ2v) is 4.25. The summed E-state index contributed by atoms with van der Waals surface area (Å²) in [6, 6.07) is 0.